The van der Waals surface area contributed by atoms with Crippen LogP contribution in [0.1, 0.15) is 6.42 Å². The quantitative estimate of drug-likeness (QED) is 0.724. The van der Waals surface area contributed by atoms with Crippen LogP contribution in [0.3, 0.4) is 0 Å². The van der Waals surface area contributed by atoms with Crippen molar-refractivity contribution in [3.8, 4) is 0 Å². The van der Waals surface area contributed by atoms with E-state index in [1.165, 1.54) is 0 Å². The number of rotatable bonds is 4. The lowest BCUT2D eigenvalue weighted by Crippen LogP contribution is -2.47. The highest BCUT2D eigenvalue weighted by atomic mass is 16.6. The van der Waals surface area contributed by atoms with Gasteiger partial charge in [-0.3, -0.25) is 4.90 Å². The van der Waals surface area contributed by atoms with E-state index in [0.29, 0.717) is 19.5 Å². The molecule has 0 aliphatic carbocycles. The van der Waals surface area contributed by atoms with Crippen LogP contribution in [0.25, 0.3) is 0 Å². The predicted molar refractivity (Wildman–Crippen MR) is 60.8 cm³/mol. The lowest BCUT2D eigenvalue weighted by molar-refractivity contribution is -0.00753. The second-order valence-electron chi connectivity index (χ2n) is 4.42. The van der Waals surface area contributed by atoms with Crippen LogP contribution in [0.4, 0.5) is 4.79 Å². The molecule has 2 rings (SSSR count). The molecule has 6 heteroatoms. The molecule has 0 aromatic heterocycles. The van der Waals surface area contributed by atoms with Crippen molar-refractivity contribution in [2.45, 2.75) is 12.5 Å². The average Bonchev–Trinajstić information content (AvgIpc) is 2.38. The smallest absolute Gasteiger partial charge is 0.410 e. The summed E-state index contributed by atoms with van der Waals surface area (Å²) in [5.74, 6) is 0. The third kappa shape index (κ3) is 3.55. The molecule has 2 saturated heterocycles. The summed E-state index contributed by atoms with van der Waals surface area (Å²) in [7, 11) is 0. The number of cyclic esters (lactones) is 1. The predicted octanol–water partition coefficient (Wildman–Crippen LogP) is -0.478. The maximum Gasteiger partial charge on any atom is 0.410 e. The molecule has 1 atom stereocenters. The molecular formula is C11H20N2O4. The Morgan fingerprint density at radius 1 is 1.24 bits per heavy atom. The third-order valence-corrected chi connectivity index (χ3v) is 3.24. The molecule has 98 valence electrons. The van der Waals surface area contributed by atoms with Crippen molar-refractivity contribution in [2.24, 2.45) is 0 Å². The van der Waals surface area contributed by atoms with Gasteiger partial charge in [0.25, 0.3) is 0 Å². The van der Waals surface area contributed by atoms with Crippen molar-refractivity contribution < 1.29 is 19.4 Å². The summed E-state index contributed by atoms with van der Waals surface area (Å²) in [6.45, 7) is 5.56. The molecule has 2 heterocycles. The van der Waals surface area contributed by atoms with Crippen molar-refractivity contribution in [1.29, 1.82) is 0 Å². The Morgan fingerprint density at radius 3 is 2.65 bits per heavy atom. The zero-order valence-corrected chi connectivity index (χ0v) is 10.0. The van der Waals surface area contributed by atoms with Crippen LogP contribution in [0.15, 0.2) is 0 Å². The maximum atomic E-state index is 11.6. The summed E-state index contributed by atoms with van der Waals surface area (Å²) >= 11 is 0. The van der Waals surface area contributed by atoms with Crippen molar-refractivity contribution in [3.05, 3.63) is 0 Å². The fraction of sp³-hybridized carbons (Fsp3) is 0.909. The van der Waals surface area contributed by atoms with E-state index in [-0.39, 0.29) is 18.8 Å². The number of carbonyl (C=O) groups is 1. The second-order valence-corrected chi connectivity index (χ2v) is 4.42. The molecule has 1 amide bonds. The van der Waals surface area contributed by atoms with E-state index in [9.17, 15) is 4.79 Å². The number of hydrogen-bond donors (Lipinski definition) is 1. The van der Waals surface area contributed by atoms with Gasteiger partial charge in [0.2, 0.25) is 0 Å². The highest BCUT2D eigenvalue weighted by molar-refractivity contribution is 5.68. The molecule has 0 aromatic carbocycles. The number of carbonyl (C=O) groups excluding carboxylic acids is 1. The molecule has 1 N–H and O–H groups in total. The number of aliphatic hydroxyl groups excluding tert-OH is 1. The van der Waals surface area contributed by atoms with Gasteiger partial charge in [0.05, 0.1) is 19.8 Å². The zero-order chi connectivity index (χ0) is 12.1. The Morgan fingerprint density at radius 2 is 2.00 bits per heavy atom. The first-order chi connectivity index (χ1) is 8.29. The van der Waals surface area contributed by atoms with E-state index in [0.717, 1.165) is 32.8 Å². The Hall–Kier alpha value is -0.850. The summed E-state index contributed by atoms with van der Waals surface area (Å²) in [6, 6.07) is 0. The van der Waals surface area contributed by atoms with Crippen molar-refractivity contribution >= 4 is 6.09 Å². The van der Waals surface area contributed by atoms with Crippen LogP contribution in [0.2, 0.25) is 0 Å². The first-order valence-electron chi connectivity index (χ1n) is 6.16. The van der Waals surface area contributed by atoms with Crippen LogP contribution in [0.5, 0.6) is 0 Å². The van der Waals surface area contributed by atoms with E-state index in [4.69, 9.17) is 14.6 Å². The fourth-order valence-corrected chi connectivity index (χ4v) is 2.09. The zero-order valence-electron chi connectivity index (χ0n) is 10.0. The average molecular weight is 244 g/mol. The van der Waals surface area contributed by atoms with Crippen LogP contribution in [-0.2, 0) is 9.47 Å². The van der Waals surface area contributed by atoms with Gasteiger partial charge >= 0.3 is 6.09 Å². The third-order valence-electron chi connectivity index (χ3n) is 3.24. The van der Waals surface area contributed by atoms with E-state index < -0.39 is 0 Å². The Bertz CT molecular complexity index is 256. The Kier molecular flexibility index (Phi) is 4.58. The normalized spacial score (nSPS) is 27.0. The molecule has 0 bridgehead atoms. The highest BCUT2D eigenvalue weighted by Crippen LogP contribution is 2.11. The maximum absolute atomic E-state index is 11.6. The summed E-state index contributed by atoms with van der Waals surface area (Å²) in [4.78, 5) is 15.6. The number of aliphatic hydroxyl groups is 1. The number of nitrogens with zero attached hydrogens (tertiary/aromatic N) is 2. The molecule has 2 fully saturated rings. The monoisotopic (exact) mass is 244 g/mol. The lowest BCUT2D eigenvalue weighted by Gasteiger charge is -2.33. The second kappa shape index (κ2) is 6.18. The minimum Gasteiger partial charge on any atom is -0.444 e. The topological polar surface area (TPSA) is 62.2 Å². The van der Waals surface area contributed by atoms with Crippen LogP contribution in [-0.4, -0.2) is 79.6 Å². The molecule has 0 spiro atoms. The standard InChI is InChI=1S/C11H20N2O4/c14-9-10-1-2-13(11(15)17-10)4-3-12-5-7-16-8-6-12/h10,14H,1-9H2. The molecule has 17 heavy (non-hydrogen) atoms. The molecule has 2 aliphatic heterocycles. The van der Waals surface area contributed by atoms with Crippen molar-refractivity contribution in [3.63, 3.8) is 0 Å². The fourth-order valence-electron chi connectivity index (χ4n) is 2.09. The van der Waals surface area contributed by atoms with Gasteiger partial charge in [-0.05, 0) is 0 Å². The van der Waals surface area contributed by atoms with Gasteiger partial charge in [-0.25, -0.2) is 4.79 Å². The summed E-state index contributed by atoms with van der Waals surface area (Å²) in [6.07, 6.45) is 0.0939. The van der Waals surface area contributed by atoms with Crippen LogP contribution >= 0.6 is 0 Å². The van der Waals surface area contributed by atoms with E-state index in [2.05, 4.69) is 4.90 Å². The van der Waals surface area contributed by atoms with Gasteiger partial charge in [-0.1, -0.05) is 0 Å². The summed E-state index contributed by atoms with van der Waals surface area (Å²) in [5, 5.41) is 8.91. The molecule has 1 unspecified atom stereocenters. The number of morpholine rings is 1. The van der Waals surface area contributed by atoms with E-state index >= 15 is 0 Å². The summed E-state index contributed by atoms with van der Waals surface area (Å²) in [5.41, 5.74) is 0. The van der Waals surface area contributed by atoms with Gasteiger partial charge in [-0.2, -0.15) is 0 Å². The van der Waals surface area contributed by atoms with Gasteiger partial charge in [0.1, 0.15) is 6.10 Å². The van der Waals surface area contributed by atoms with E-state index in [1.807, 2.05) is 0 Å². The number of amides is 1. The lowest BCUT2D eigenvalue weighted by atomic mass is 10.2. The van der Waals surface area contributed by atoms with E-state index in [1.54, 1.807) is 4.90 Å². The molecule has 0 saturated carbocycles. The first-order valence-corrected chi connectivity index (χ1v) is 6.16. The van der Waals surface area contributed by atoms with Crippen LogP contribution < -0.4 is 0 Å². The van der Waals surface area contributed by atoms with Gasteiger partial charge in [0.15, 0.2) is 0 Å². The molecule has 6 nitrogen and oxygen atoms in total. The van der Waals surface area contributed by atoms with Crippen LogP contribution in [0, 0.1) is 0 Å². The number of hydrogen-bond acceptors (Lipinski definition) is 5. The molecule has 0 radical (unpaired) electrons. The van der Waals surface area contributed by atoms with Gasteiger partial charge < -0.3 is 19.5 Å². The Labute approximate surface area is 101 Å². The van der Waals surface area contributed by atoms with Crippen molar-refractivity contribution in [2.75, 3.05) is 52.5 Å². The number of ether oxygens (including phenoxy) is 2. The molecule has 0 aromatic rings. The van der Waals surface area contributed by atoms with Gasteiger partial charge in [-0.15, -0.1) is 0 Å². The molecule has 2 aliphatic rings. The van der Waals surface area contributed by atoms with Crippen molar-refractivity contribution in [1.82, 2.24) is 9.80 Å². The van der Waals surface area contributed by atoms with Gasteiger partial charge in [0, 0.05) is 39.1 Å². The first kappa shape index (κ1) is 12.6. The SMILES string of the molecule is O=C1OC(CO)CCN1CCN1CCOCC1. The minimum absolute atomic E-state index is 0.0803. The largest absolute Gasteiger partial charge is 0.444 e. The molecular weight excluding hydrogens is 224 g/mol. The highest BCUT2D eigenvalue weighted by Gasteiger charge is 2.26. The summed E-state index contributed by atoms with van der Waals surface area (Å²) < 4.78 is 10.3. The minimum atomic E-state index is -0.317. The Balaban J connectivity index is 1.70.